The fourth-order valence-electron chi connectivity index (χ4n) is 6.08. The van der Waals surface area contributed by atoms with E-state index in [2.05, 4.69) is 61.9 Å². The third kappa shape index (κ3) is 6.14. The summed E-state index contributed by atoms with van der Waals surface area (Å²) >= 11 is 0. The number of ether oxygens (including phenoxy) is 1. The molecule has 1 fully saturated rings. The highest BCUT2D eigenvalue weighted by Gasteiger charge is 2.29. The van der Waals surface area contributed by atoms with Crippen LogP contribution in [0.1, 0.15) is 75.7 Å². The van der Waals surface area contributed by atoms with Crippen LogP contribution >= 0.6 is 0 Å². The topological polar surface area (TPSA) is 136 Å². The van der Waals surface area contributed by atoms with Crippen molar-refractivity contribution >= 4 is 5.78 Å². The van der Waals surface area contributed by atoms with Gasteiger partial charge in [-0.3, -0.25) is 9.36 Å². The number of fused-ring (bicyclic) bond motifs is 1. The molecule has 2 N–H and O–H groups in total. The van der Waals surface area contributed by atoms with Gasteiger partial charge in [-0.1, -0.05) is 61.9 Å². The summed E-state index contributed by atoms with van der Waals surface area (Å²) in [5.74, 6) is 1.15. The highest BCUT2D eigenvalue weighted by molar-refractivity contribution is 5.80. The fourth-order valence-corrected chi connectivity index (χ4v) is 6.08. The summed E-state index contributed by atoms with van der Waals surface area (Å²) in [7, 11) is 0. The zero-order chi connectivity index (χ0) is 30.0. The van der Waals surface area contributed by atoms with E-state index in [1.54, 1.807) is 20.2 Å². The Balaban J connectivity index is 1.30. The van der Waals surface area contributed by atoms with Crippen molar-refractivity contribution in [1.82, 2.24) is 39.8 Å². The Labute approximate surface area is 250 Å². The Morgan fingerprint density at radius 3 is 2.47 bits per heavy atom. The average Bonchev–Trinajstić information content (AvgIpc) is 3.72. The largest absolute Gasteiger partial charge is 0.388 e. The minimum atomic E-state index is -0.860. The van der Waals surface area contributed by atoms with E-state index in [4.69, 9.17) is 4.74 Å². The summed E-state index contributed by atoms with van der Waals surface area (Å²) in [4.78, 5) is 18.8. The van der Waals surface area contributed by atoms with Crippen LogP contribution < -0.4 is 5.56 Å². The monoisotopic (exact) mass is 582 g/mol. The number of nitrogens with zero attached hydrogens (tertiary/aromatic N) is 7. The number of rotatable bonds is 10. The Hall–Kier alpha value is -4.22. The van der Waals surface area contributed by atoms with Gasteiger partial charge in [0.1, 0.15) is 6.33 Å². The summed E-state index contributed by atoms with van der Waals surface area (Å²) in [6.45, 7) is 5.92. The first kappa shape index (κ1) is 28.9. The molecule has 11 nitrogen and oxygen atoms in total. The zero-order valence-electron chi connectivity index (χ0n) is 24.9. The number of aromatic nitrogens is 8. The van der Waals surface area contributed by atoms with Crippen LogP contribution in [0.3, 0.4) is 0 Å². The van der Waals surface area contributed by atoms with Gasteiger partial charge in [-0.25, -0.2) is 4.52 Å². The van der Waals surface area contributed by atoms with E-state index < -0.39 is 5.60 Å². The van der Waals surface area contributed by atoms with Crippen LogP contribution in [0, 0.1) is 0 Å². The molecule has 224 valence electrons. The molecule has 0 aliphatic heterocycles. The first-order valence-electron chi connectivity index (χ1n) is 15.0. The van der Waals surface area contributed by atoms with Crippen molar-refractivity contribution in [1.29, 1.82) is 0 Å². The molecule has 3 heterocycles. The summed E-state index contributed by atoms with van der Waals surface area (Å²) in [6.07, 6.45) is 7.01. The molecule has 1 saturated carbocycles. The van der Waals surface area contributed by atoms with Gasteiger partial charge in [0.25, 0.3) is 5.56 Å². The molecule has 6 rings (SSSR count). The number of aromatic amines is 1. The molecule has 0 radical (unpaired) electrons. The van der Waals surface area contributed by atoms with Crippen LogP contribution in [0.2, 0.25) is 0 Å². The van der Waals surface area contributed by atoms with Gasteiger partial charge in [0, 0.05) is 23.6 Å². The Morgan fingerprint density at radius 1 is 1.05 bits per heavy atom. The normalized spacial score (nSPS) is 17.5. The molecule has 5 aromatic rings. The molecule has 0 atom stereocenters. The number of aliphatic hydroxyl groups is 1. The van der Waals surface area contributed by atoms with Crippen LogP contribution in [-0.2, 0) is 17.6 Å². The quantitative estimate of drug-likeness (QED) is 0.245. The van der Waals surface area contributed by atoms with E-state index in [0.29, 0.717) is 24.6 Å². The number of H-pyrrole nitrogens is 1. The molecule has 43 heavy (non-hydrogen) atoms. The third-order valence-electron chi connectivity index (χ3n) is 8.15. The first-order valence-corrected chi connectivity index (χ1v) is 15.0. The minimum absolute atomic E-state index is 0.0105. The molecule has 3 aromatic heterocycles. The van der Waals surface area contributed by atoms with Gasteiger partial charge in [-0.15, -0.1) is 10.2 Å². The van der Waals surface area contributed by atoms with Gasteiger partial charge in [0.05, 0.1) is 24.0 Å². The van der Waals surface area contributed by atoms with E-state index in [0.717, 1.165) is 72.0 Å². The van der Waals surface area contributed by atoms with Crippen molar-refractivity contribution < 1.29 is 9.84 Å². The van der Waals surface area contributed by atoms with Crippen LogP contribution in [0.15, 0.2) is 59.7 Å². The van der Waals surface area contributed by atoms with E-state index in [1.165, 1.54) is 0 Å². The van der Waals surface area contributed by atoms with Crippen molar-refractivity contribution in [2.45, 2.75) is 83.5 Å². The van der Waals surface area contributed by atoms with Crippen LogP contribution in [-0.4, -0.2) is 63.2 Å². The molecule has 1 aliphatic carbocycles. The predicted molar refractivity (Wildman–Crippen MR) is 163 cm³/mol. The molecule has 0 amide bonds. The van der Waals surface area contributed by atoms with E-state index >= 15 is 0 Å². The molecule has 11 heteroatoms. The maximum atomic E-state index is 14.3. The Kier molecular flexibility index (Phi) is 8.18. The Morgan fingerprint density at radius 2 is 1.79 bits per heavy atom. The molecule has 2 aromatic carbocycles. The second-order valence-electron chi connectivity index (χ2n) is 12.0. The number of nitrogens with one attached hydrogen (secondary N) is 1. The summed E-state index contributed by atoms with van der Waals surface area (Å²) < 4.78 is 9.71. The third-order valence-corrected chi connectivity index (χ3v) is 8.15. The standard InChI is InChI=1S/C32H38N8O3/c1-4-7-28-27(18-21-10-12-22(13-11-21)25-8-5-6-9-26(25)29-35-37-38-36-29)30(41)39(31-33-20-34-40(28)31)23-14-16-24(17-15-23)43-19-32(2,3)42/h5-6,8-13,20,23-24,42H,4,7,14-19H2,1-3H3,(H,35,36,37,38). The van der Waals surface area contributed by atoms with Gasteiger partial charge in [0.15, 0.2) is 0 Å². The SMILES string of the molecule is CCCc1c(Cc2ccc(-c3ccccc3-c3nn[nH]n3)cc2)c(=O)n(C2CCC(OCC(C)(C)O)CC2)c2ncnn12. The van der Waals surface area contributed by atoms with E-state index in [1.807, 2.05) is 33.3 Å². The van der Waals surface area contributed by atoms with Gasteiger partial charge in [-0.05, 0) is 67.9 Å². The van der Waals surface area contributed by atoms with Crippen molar-refractivity contribution in [2.24, 2.45) is 0 Å². The predicted octanol–water partition coefficient (Wildman–Crippen LogP) is 4.55. The molecule has 0 saturated heterocycles. The fraction of sp³-hybridized carbons (Fsp3) is 0.438. The maximum absolute atomic E-state index is 14.3. The lowest BCUT2D eigenvalue weighted by molar-refractivity contribution is -0.0654. The van der Waals surface area contributed by atoms with Gasteiger partial charge < -0.3 is 9.84 Å². The lowest BCUT2D eigenvalue weighted by Gasteiger charge is -2.32. The molecular formula is C32H38N8O3. The molecule has 0 unspecified atom stereocenters. The highest BCUT2D eigenvalue weighted by atomic mass is 16.5. The number of hydrogen-bond donors (Lipinski definition) is 2. The van der Waals surface area contributed by atoms with Crippen LogP contribution in [0.5, 0.6) is 0 Å². The minimum Gasteiger partial charge on any atom is -0.388 e. The molecule has 1 aliphatic rings. The number of tetrazole rings is 1. The lowest BCUT2D eigenvalue weighted by atomic mass is 9.92. The van der Waals surface area contributed by atoms with Crippen LogP contribution in [0.4, 0.5) is 0 Å². The molecule has 0 spiro atoms. The number of benzene rings is 2. The number of hydrogen-bond acceptors (Lipinski definition) is 8. The summed E-state index contributed by atoms with van der Waals surface area (Å²) in [5.41, 5.74) is 4.82. The summed E-state index contributed by atoms with van der Waals surface area (Å²) in [6, 6.07) is 16.3. The van der Waals surface area contributed by atoms with Crippen molar-refractivity contribution in [3.05, 3.63) is 82.0 Å². The van der Waals surface area contributed by atoms with Gasteiger partial charge in [-0.2, -0.15) is 15.3 Å². The second kappa shape index (κ2) is 12.2. The summed E-state index contributed by atoms with van der Waals surface area (Å²) in [5, 5.41) is 29.2. The van der Waals surface area contributed by atoms with Crippen molar-refractivity contribution in [3.8, 4) is 22.5 Å². The van der Waals surface area contributed by atoms with E-state index in [9.17, 15) is 9.90 Å². The van der Waals surface area contributed by atoms with Crippen molar-refractivity contribution in [2.75, 3.05) is 6.61 Å². The highest BCUT2D eigenvalue weighted by Crippen LogP contribution is 2.32. The second-order valence-corrected chi connectivity index (χ2v) is 12.0. The average molecular weight is 583 g/mol. The first-order chi connectivity index (χ1) is 20.8. The lowest BCUT2D eigenvalue weighted by Crippen LogP contribution is -2.36. The van der Waals surface area contributed by atoms with Crippen LogP contribution in [0.25, 0.3) is 28.3 Å². The molecular weight excluding hydrogens is 544 g/mol. The smallest absolute Gasteiger partial charge is 0.259 e. The van der Waals surface area contributed by atoms with Crippen molar-refractivity contribution in [3.63, 3.8) is 0 Å². The van der Waals surface area contributed by atoms with Gasteiger partial charge in [0.2, 0.25) is 11.6 Å². The van der Waals surface area contributed by atoms with E-state index in [-0.39, 0.29) is 17.7 Å². The van der Waals surface area contributed by atoms with Gasteiger partial charge >= 0.3 is 0 Å². The number of aryl methyl sites for hydroxylation is 1. The Bertz CT molecular complexity index is 1730. The maximum Gasteiger partial charge on any atom is 0.259 e. The zero-order valence-corrected chi connectivity index (χ0v) is 24.9. The molecule has 0 bridgehead atoms.